The number of hydrogen-bond acceptors (Lipinski definition) is 3. The number of likely N-dealkylation sites (N-methyl/N-ethyl adjacent to an activating group) is 1. The summed E-state index contributed by atoms with van der Waals surface area (Å²) in [6.07, 6.45) is 0.848. The van der Waals surface area contributed by atoms with E-state index in [4.69, 9.17) is 4.74 Å². The fourth-order valence-electron chi connectivity index (χ4n) is 0.638. The van der Waals surface area contributed by atoms with Gasteiger partial charge in [0.25, 0.3) is 0 Å². The average Bonchev–Trinajstić information content (AvgIpc) is 2.02. The summed E-state index contributed by atoms with van der Waals surface area (Å²) < 4.78 is 5.02. The average molecular weight is 173 g/mol. The number of hydrogen-bond donors (Lipinski definition) is 0. The van der Waals surface area contributed by atoms with Gasteiger partial charge in [0.1, 0.15) is 6.61 Å². The van der Waals surface area contributed by atoms with Crippen LogP contribution in [0.1, 0.15) is 20.3 Å². The van der Waals surface area contributed by atoms with Crippen molar-refractivity contribution >= 4 is 5.97 Å². The van der Waals surface area contributed by atoms with Crippen molar-refractivity contribution in [1.82, 2.24) is 4.90 Å². The van der Waals surface area contributed by atoms with E-state index in [-0.39, 0.29) is 11.9 Å². The molecule has 0 saturated heterocycles. The molecule has 0 aromatic heterocycles. The molecule has 0 amide bonds. The van der Waals surface area contributed by atoms with Crippen molar-refractivity contribution in [1.29, 1.82) is 0 Å². The van der Waals surface area contributed by atoms with Crippen LogP contribution >= 0.6 is 0 Å². The lowest BCUT2D eigenvalue weighted by molar-refractivity contribution is -0.148. The zero-order valence-corrected chi connectivity index (χ0v) is 8.46. The van der Waals surface area contributed by atoms with Gasteiger partial charge in [-0.05, 0) is 20.5 Å². The summed E-state index contributed by atoms with van der Waals surface area (Å²) in [6.45, 7) is 5.16. The predicted molar refractivity (Wildman–Crippen MR) is 49.0 cm³/mol. The summed E-state index contributed by atoms with van der Waals surface area (Å²) in [6, 6.07) is 0. The zero-order chi connectivity index (χ0) is 9.56. The van der Waals surface area contributed by atoms with Gasteiger partial charge in [-0.3, -0.25) is 4.79 Å². The number of ether oxygens (including phenoxy) is 1. The number of carbonyl (C=O) groups is 1. The van der Waals surface area contributed by atoms with Gasteiger partial charge < -0.3 is 9.64 Å². The minimum Gasteiger partial charge on any atom is -0.464 e. The first-order valence-electron chi connectivity index (χ1n) is 4.39. The molecule has 0 N–H and O–H groups in total. The van der Waals surface area contributed by atoms with Crippen LogP contribution in [-0.2, 0) is 9.53 Å². The van der Waals surface area contributed by atoms with E-state index in [9.17, 15) is 4.79 Å². The van der Waals surface area contributed by atoms with E-state index in [1.165, 1.54) is 0 Å². The van der Waals surface area contributed by atoms with Crippen LogP contribution in [0.2, 0.25) is 0 Å². The second kappa shape index (κ2) is 6.00. The van der Waals surface area contributed by atoms with E-state index in [2.05, 4.69) is 0 Å². The topological polar surface area (TPSA) is 29.5 Å². The van der Waals surface area contributed by atoms with Gasteiger partial charge in [-0.25, -0.2) is 0 Å². The van der Waals surface area contributed by atoms with Crippen LogP contribution in [-0.4, -0.2) is 38.1 Å². The van der Waals surface area contributed by atoms with Crippen LogP contribution < -0.4 is 0 Å². The number of esters is 1. The summed E-state index contributed by atoms with van der Waals surface area (Å²) >= 11 is 0. The van der Waals surface area contributed by atoms with Crippen molar-refractivity contribution in [2.75, 3.05) is 27.2 Å². The molecule has 1 atom stereocenters. The second-order valence-corrected chi connectivity index (χ2v) is 3.28. The fourth-order valence-corrected chi connectivity index (χ4v) is 0.638. The first kappa shape index (κ1) is 11.4. The Morgan fingerprint density at radius 2 is 2.08 bits per heavy atom. The maximum absolute atomic E-state index is 11.1. The van der Waals surface area contributed by atoms with Crippen LogP contribution in [0.4, 0.5) is 0 Å². The van der Waals surface area contributed by atoms with E-state index in [0.717, 1.165) is 13.0 Å². The number of nitrogens with zero attached hydrogens (tertiary/aromatic N) is 1. The van der Waals surface area contributed by atoms with Crippen molar-refractivity contribution in [2.45, 2.75) is 20.3 Å². The Morgan fingerprint density at radius 1 is 1.50 bits per heavy atom. The van der Waals surface area contributed by atoms with Crippen molar-refractivity contribution in [3.63, 3.8) is 0 Å². The van der Waals surface area contributed by atoms with Crippen LogP contribution in [0, 0.1) is 5.92 Å². The lowest BCUT2D eigenvalue weighted by atomic mass is 10.1. The minimum atomic E-state index is -0.0839. The Bertz CT molecular complexity index is 134. The molecule has 0 heterocycles. The molecule has 3 heteroatoms. The van der Waals surface area contributed by atoms with E-state index in [1.807, 2.05) is 32.8 Å². The third-order valence-electron chi connectivity index (χ3n) is 1.80. The van der Waals surface area contributed by atoms with Crippen LogP contribution in [0.5, 0.6) is 0 Å². The quantitative estimate of drug-likeness (QED) is 0.584. The summed E-state index contributed by atoms with van der Waals surface area (Å²) in [4.78, 5) is 13.1. The van der Waals surface area contributed by atoms with E-state index < -0.39 is 0 Å². The number of rotatable bonds is 5. The smallest absolute Gasteiger partial charge is 0.308 e. The van der Waals surface area contributed by atoms with Crippen LogP contribution in [0.15, 0.2) is 0 Å². The molecule has 72 valence electrons. The SMILES string of the molecule is CCC(C)C(=O)OCCN(C)C. The third-order valence-corrected chi connectivity index (χ3v) is 1.80. The van der Waals surface area contributed by atoms with Crippen molar-refractivity contribution in [2.24, 2.45) is 5.92 Å². The van der Waals surface area contributed by atoms with Gasteiger partial charge >= 0.3 is 5.97 Å². The third kappa shape index (κ3) is 5.13. The van der Waals surface area contributed by atoms with E-state index >= 15 is 0 Å². The highest BCUT2D eigenvalue weighted by Gasteiger charge is 2.10. The Morgan fingerprint density at radius 3 is 2.50 bits per heavy atom. The zero-order valence-electron chi connectivity index (χ0n) is 8.46. The monoisotopic (exact) mass is 173 g/mol. The fraction of sp³-hybridized carbons (Fsp3) is 0.889. The molecule has 0 aliphatic heterocycles. The second-order valence-electron chi connectivity index (χ2n) is 3.28. The van der Waals surface area contributed by atoms with Crippen LogP contribution in [0.25, 0.3) is 0 Å². The Labute approximate surface area is 74.7 Å². The molecule has 0 aromatic carbocycles. The van der Waals surface area contributed by atoms with Gasteiger partial charge in [0.2, 0.25) is 0 Å². The van der Waals surface area contributed by atoms with Gasteiger partial charge in [-0.2, -0.15) is 0 Å². The Balaban J connectivity index is 3.44. The first-order chi connectivity index (χ1) is 5.57. The summed E-state index contributed by atoms with van der Waals surface area (Å²) in [5.41, 5.74) is 0. The van der Waals surface area contributed by atoms with Gasteiger partial charge in [-0.1, -0.05) is 13.8 Å². The lowest BCUT2D eigenvalue weighted by Gasteiger charge is -2.12. The largest absolute Gasteiger partial charge is 0.464 e. The maximum atomic E-state index is 11.1. The van der Waals surface area contributed by atoms with Crippen molar-refractivity contribution < 1.29 is 9.53 Å². The minimum absolute atomic E-state index is 0.0344. The van der Waals surface area contributed by atoms with Gasteiger partial charge in [0.05, 0.1) is 5.92 Å². The molecule has 0 fully saturated rings. The van der Waals surface area contributed by atoms with Crippen molar-refractivity contribution in [3.8, 4) is 0 Å². The predicted octanol–water partition coefficient (Wildman–Crippen LogP) is 1.14. The molecule has 0 spiro atoms. The summed E-state index contributed by atoms with van der Waals surface area (Å²) in [5, 5.41) is 0. The van der Waals surface area contributed by atoms with Crippen molar-refractivity contribution in [3.05, 3.63) is 0 Å². The molecule has 0 rings (SSSR count). The lowest BCUT2D eigenvalue weighted by Crippen LogP contribution is -2.22. The van der Waals surface area contributed by atoms with Gasteiger partial charge in [0.15, 0.2) is 0 Å². The molecule has 0 aliphatic carbocycles. The molecule has 1 unspecified atom stereocenters. The Kier molecular flexibility index (Phi) is 5.72. The van der Waals surface area contributed by atoms with Gasteiger partial charge in [-0.15, -0.1) is 0 Å². The molecule has 12 heavy (non-hydrogen) atoms. The van der Waals surface area contributed by atoms with Gasteiger partial charge in [0, 0.05) is 6.54 Å². The first-order valence-corrected chi connectivity index (χ1v) is 4.39. The molecule has 0 aromatic rings. The molecule has 0 bridgehead atoms. The highest BCUT2D eigenvalue weighted by Crippen LogP contribution is 2.02. The highest BCUT2D eigenvalue weighted by atomic mass is 16.5. The molecule has 0 aliphatic rings. The summed E-state index contributed by atoms with van der Waals surface area (Å²) in [7, 11) is 3.91. The van der Waals surface area contributed by atoms with Crippen LogP contribution in [0.3, 0.4) is 0 Å². The molecular formula is C9H19NO2. The standard InChI is InChI=1S/C9H19NO2/c1-5-8(2)9(11)12-7-6-10(3)4/h8H,5-7H2,1-4H3. The Hall–Kier alpha value is -0.570. The molecule has 0 saturated carbocycles. The van der Waals surface area contributed by atoms with E-state index in [1.54, 1.807) is 0 Å². The summed E-state index contributed by atoms with van der Waals surface area (Å²) in [5.74, 6) is -0.0495. The number of carbonyl (C=O) groups excluding carboxylic acids is 1. The molecule has 0 radical (unpaired) electrons. The maximum Gasteiger partial charge on any atom is 0.308 e. The molecular weight excluding hydrogens is 154 g/mol. The highest BCUT2D eigenvalue weighted by molar-refractivity contribution is 5.71. The molecule has 3 nitrogen and oxygen atoms in total. The van der Waals surface area contributed by atoms with E-state index in [0.29, 0.717) is 6.61 Å². The normalized spacial score (nSPS) is 13.1.